The molecule has 0 fully saturated rings. The van der Waals surface area contributed by atoms with E-state index in [1.54, 1.807) is 0 Å². The SMILES string of the molecule is CC(=O)NCCNC(=O)c1n[nH]c2c1CCCC2. The highest BCUT2D eigenvalue weighted by Crippen LogP contribution is 2.21. The third-order valence-corrected chi connectivity index (χ3v) is 3.06. The molecule has 98 valence electrons. The van der Waals surface area contributed by atoms with E-state index < -0.39 is 0 Å². The summed E-state index contributed by atoms with van der Waals surface area (Å²) in [7, 11) is 0. The van der Waals surface area contributed by atoms with Gasteiger partial charge in [-0.3, -0.25) is 14.7 Å². The summed E-state index contributed by atoms with van der Waals surface area (Å²) < 4.78 is 0. The fraction of sp³-hybridized carbons (Fsp3) is 0.583. The van der Waals surface area contributed by atoms with Gasteiger partial charge in [0.2, 0.25) is 5.91 Å². The first-order valence-corrected chi connectivity index (χ1v) is 6.27. The summed E-state index contributed by atoms with van der Waals surface area (Å²) in [5, 5.41) is 12.4. The van der Waals surface area contributed by atoms with Crippen LogP contribution in [0.15, 0.2) is 0 Å². The van der Waals surface area contributed by atoms with Crippen molar-refractivity contribution in [1.82, 2.24) is 20.8 Å². The Hall–Kier alpha value is -1.85. The minimum Gasteiger partial charge on any atom is -0.355 e. The lowest BCUT2D eigenvalue weighted by Crippen LogP contribution is -2.34. The molecule has 1 aromatic heterocycles. The average molecular weight is 250 g/mol. The minimum absolute atomic E-state index is 0.0959. The van der Waals surface area contributed by atoms with E-state index in [-0.39, 0.29) is 11.8 Å². The molecule has 2 rings (SSSR count). The standard InChI is InChI=1S/C12H18N4O2/c1-8(17)13-6-7-14-12(18)11-9-4-2-3-5-10(9)15-16-11/h2-7H2,1H3,(H,13,17)(H,14,18)(H,15,16). The first-order valence-electron chi connectivity index (χ1n) is 6.27. The van der Waals surface area contributed by atoms with Crippen LogP contribution >= 0.6 is 0 Å². The van der Waals surface area contributed by atoms with Gasteiger partial charge in [-0.15, -0.1) is 0 Å². The zero-order valence-electron chi connectivity index (χ0n) is 10.5. The predicted octanol–water partition coefficient (Wildman–Crippen LogP) is 0.154. The van der Waals surface area contributed by atoms with E-state index in [1.165, 1.54) is 6.92 Å². The molecule has 2 amide bonds. The van der Waals surface area contributed by atoms with Crippen LogP contribution in [0.25, 0.3) is 0 Å². The number of nitrogens with zero attached hydrogens (tertiary/aromatic N) is 1. The Morgan fingerprint density at radius 2 is 1.94 bits per heavy atom. The van der Waals surface area contributed by atoms with E-state index in [9.17, 15) is 9.59 Å². The van der Waals surface area contributed by atoms with Crippen molar-refractivity contribution in [2.24, 2.45) is 0 Å². The Bertz CT molecular complexity index is 453. The number of carbonyl (C=O) groups excluding carboxylic acids is 2. The van der Waals surface area contributed by atoms with Gasteiger partial charge in [-0.2, -0.15) is 5.10 Å². The number of hydrogen-bond acceptors (Lipinski definition) is 3. The van der Waals surface area contributed by atoms with Crippen molar-refractivity contribution >= 4 is 11.8 Å². The molecule has 18 heavy (non-hydrogen) atoms. The number of aryl methyl sites for hydroxylation is 1. The second kappa shape index (κ2) is 5.66. The highest BCUT2D eigenvalue weighted by Gasteiger charge is 2.21. The topological polar surface area (TPSA) is 86.9 Å². The summed E-state index contributed by atoms with van der Waals surface area (Å²) in [5.41, 5.74) is 2.65. The summed E-state index contributed by atoms with van der Waals surface area (Å²) in [4.78, 5) is 22.6. The van der Waals surface area contributed by atoms with Crippen LogP contribution < -0.4 is 10.6 Å². The van der Waals surface area contributed by atoms with Gasteiger partial charge in [0.05, 0.1) is 0 Å². The van der Waals surface area contributed by atoms with Crippen LogP contribution in [0.5, 0.6) is 0 Å². The summed E-state index contributed by atoms with van der Waals surface area (Å²) >= 11 is 0. The van der Waals surface area contributed by atoms with Gasteiger partial charge in [-0.25, -0.2) is 0 Å². The van der Waals surface area contributed by atoms with Crippen molar-refractivity contribution in [2.45, 2.75) is 32.6 Å². The third kappa shape index (κ3) is 2.88. The van der Waals surface area contributed by atoms with Crippen LogP contribution in [-0.2, 0) is 17.6 Å². The normalized spacial score (nSPS) is 13.8. The molecule has 6 nitrogen and oxygen atoms in total. The Morgan fingerprint density at radius 1 is 1.22 bits per heavy atom. The predicted molar refractivity (Wildman–Crippen MR) is 66.2 cm³/mol. The van der Waals surface area contributed by atoms with Crippen molar-refractivity contribution in [3.8, 4) is 0 Å². The van der Waals surface area contributed by atoms with Gasteiger partial charge in [0.25, 0.3) is 5.91 Å². The first-order chi connectivity index (χ1) is 8.68. The summed E-state index contributed by atoms with van der Waals surface area (Å²) in [6, 6.07) is 0. The fourth-order valence-electron chi connectivity index (χ4n) is 2.17. The number of hydrogen-bond donors (Lipinski definition) is 3. The maximum atomic E-state index is 11.9. The van der Waals surface area contributed by atoms with Crippen molar-refractivity contribution in [1.29, 1.82) is 0 Å². The summed E-state index contributed by atoms with van der Waals surface area (Å²) in [5.74, 6) is -0.263. The van der Waals surface area contributed by atoms with E-state index in [0.717, 1.165) is 36.9 Å². The van der Waals surface area contributed by atoms with Crippen molar-refractivity contribution in [2.75, 3.05) is 13.1 Å². The van der Waals surface area contributed by atoms with Gasteiger partial charge >= 0.3 is 0 Å². The number of amides is 2. The Morgan fingerprint density at radius 3 is 2.72 bits per heavy atom. The molecule has 0 saturated heterocycles. The molecule has 0 bridgehead atoms. The second-order valence-electron chi connectivity index (χ2n) is 4.48. The lowest BCUT2D eigenvalue weighted by atomic mass is 9.96. The number of fused-ring (bicyclic) bond motifs is 1. The fourth-order valence-corrected chi connectivity index (χ4v) is 2.17. The zero-order chi connectivity index (χ0) is 13.0. The monoisotopic (exact) mass is 250 g/mol. The summed E-state index contributed by atoms with van der Waals surface area (Å²) in [6.07, 6.45) is 4.15. The molecule has 1 aliphatic carbocycles. The van der Waals surface area contributed by atoms with E-state index in [0.29, 0.717) is 18.8 Å². The van der Waals surface area contributed by atoms with Crippen LogP contribution in [0.1, 0.15) is 41.5 Å². The molecule has 0 spiro atoms. The average Bonchev–Trinajstić information content (AvgIpc) is 2.78. The third-order valence-electron chi connectivity index (χ3n) is 3.06. The number of nitrogens with one attached hydrogen (secondary N) is 3. The maximum Gasteiger partial charge on any atom is 0.272 e. The molecule has 1 aliphatic rings. The highest BCUT2D eigenvalue weighted by molar-refractivity contribution is 5.94. The van der Waals surface area contributed by atoms with Crippen molar-refractivity contribution in [3.05, 3.63) is 17.0 Å². The molecular formula is C12H18N4O2. The Kier molecular flexibility index (Phi) is 3.96. The van der Waals surface area contributed by atoms with Crippen molar-refractivity contribution in [3.63, 3.8) is 0 Å². The molecule has 0 unspecified atom stereocenters. The van der Waals surface area contributed by atoms with Crippen LogP contribution in [-0.4, -0.2) is 35.1 Å². The van der Waals surface area contributed by atoms with Crippen LogP contribution in [0, 0.1) is 0 Å². The number of rotatable bonds is 4. The largest absolute Gasteiger partial charge is 0.355 e. The quantitative estimate of drug-likeness (QED) is 0.665. The molecular weight excluding hydrogens is 232 g/mol. The number of carbonyl (C=O) groups is 2. The maximum absolute atomic E-state index is 11.9. The first kappa shape index (κ1) is 12.6. The molecule has 0 radical (unpaired) electrons. The van der Waals surface area contributed by atoms with Gasteiger partial charge in [0.1, 0.15) is 0 Å². The second-order valence-corrected chi connectivity index (χ2v) is 4.48. The molecule has 0 atom stereocenters. The number of aromatic amines is 1. The van der Waals surface area contributed by atoms with Gasteiger partial charge in [-0.05, 0) is 25.7 Å². The lowest BCUT2D eigenvalue weighted by Gasteiger charge is -2.11. The van der Waals surface area contributed by atoms with Gasteiger partial charge in [-0.1, -0.05) is 0 Å². The number of aromatic nitrogens is 2. The van der Waals surface area contributed by atoms with Crippen LogP contribution in [0.3, 0.4) is 0 Å². The van der Waals surface area contributed by atoms with Gasteiger partial charge in [0.15, 0.2) is 5.69 Å². The van der Waals surface area contributed by atoms with Crippen LogP contribution in [0.4, 0.5) is 0 Å². The molecule has 1 aromatic rings. The Labute approximate surface area is 106 Å². The molecule has 0 aromatic carbocycles. The summed E-state index contributed by atoms with van der Waals surface area (Å²) in [6.45, 7) is 2.31. The molecule has 0 aliphatic heterocycles. The Balaban J connectivity index is 1.89. The molecule has 1 heterocycles. The minimum atomic E-state index is -0.167. The molecule has 3 N–H and O–H groups in total. The van der Waals surface area contributed by atoms with Crippen LogP contribution in [0.2, 0.25) is 0 Å². The van der Waals surface area contributed by atoms with E-state index in [2.05, 4.69) is 20.8 Å². The van der Waals surface area contributed by atoms with E-state index >= 15 is 0 Å². The zero-order valence-corrected chi connectivity index (χ0v) is 10.5. The van der Waals surface area contributed by atoms with E-state index in [4.69, 9.17) is 0 Å². The van der Waals surface area contributed by atoms with Crippen molar-refractivity contribution < 1.29 is 9.59 Å². The van der Waals surface area contributed by atoms with E-state index in [1.807, 2.05) is 0 Å². The molecule has 0 saturated carbocycles. The highest BCUT2D eigenvalue weighted by atomic mass is 16.2. The smallest absolute Gasteiger partial charge is 0.272 e. The van der Waals surface area contributed by atoms with Gasteiger partial charge in [0, 0.05) is 31.3 Å². The lowest BCUT2D eigenvalue weighted by molar-refractivity contribution is -0.118. The number of H-pyrrole nitrogens is 1. The van der Waals surface area contributed by atoms with Gasteiger partial charge < -0.3 is 10.6 Å². The molecule has 6 heteroatoms.